The number of amides is 2. The van der Waals surface area contributed by atoms with Crippen LogP contribution in [0.5, 0.6) is 0 Å². The number of hydrogen-bond acceptors (Lipinski definition) is 3. The average molecular weight is 260 g/mol. The van der Waals surface area contributed by atoms with Gasteiger partial charge in [-0.15, -0.1) is 0 Å². The highest BCUT2D eigenvalue weighted by Gasteiger charge is 2.19. The van der Waals surface area contributed by atoms with E-state index in [0.29, 0.717) is 11.7 Å². The van der Waals surface area contributed by atoms with Gasteiger partial charge in [0.25, 0.3) is 0 Å². The fourth-order valence-corrected chi connectivity index (χ4v) is 3.34. The summed E-state index contributed by atoms with van der Waals surface area (Å²) in [6.45, 7) is 0. The quantitative estimate of drug-likeness (QED) is 0.673. The summed E-state index contributed by atoms with van der Waals surface area (Å²) in [5.74, 6) is 1.53. The van der Waals surface area contributed by atoms with Gasteiger partial charge in [0, 0.05) is 5.75 Å². The molecule has 0 aromatic rings. The highest BCUT2D eigenvalue weighted by atomic mass is 32.2. The van der Waals surface area contributed by atoms with Crippen LogP contribution in [0.4, 0.5) is 4.79 Å². The van der Waals surface area contributed by atoms with Crippen LogP contribution >= 0.6 is 11.8 Å². The minimum absolute atomic E-state index is 0.429. The molecule has 0 radical (unpaired) electrons. The molecule has 0 aromatic carbocycles. The molecule has 5 nitrogen and oxygen atoms in total. The lowest BCUT2D eigenvalue weighted by atomic mass is 9.91. The lowest BCUT2D eigenvalue weighted by Crippen LogP contribution is -2.45. The third kappa shape index (κ3) is 5.81. The van der Waals surface area contributed by atoms with Gasteiger partial charge in [-0.25, -0.2) is 4.79 Å². The lowest BCUT2D eigenvalue weighted by Gasteiger charge is -2.21. The van der Waals surface area contributed by atoms with E-state index in [1.165, 1.54) is 32.1 Å². The van der Waals surface area contributed by atoms with E-state index in [0.717, 1.165) is 5.75 Å². The van der Waals surface area contributed by atoms with Gasteiger partial charge in [-0.2, -0.15) is 11.8 Å². The number of carbonyl (C=O) groups is 2. The van der Waals surface area contributed by atoms with Gasteiger partial charge in [0.2, 0.25) is 5.91 Å². The van der Waals surface area contributed by atoms with E-state index in [9.17, 15) is 9.59 Å². The average Bonchev–Trinajstić information content (AvgIpc) is 2.28. The number of carbonyl (C=O) groups excluding carboxylic acids is 1. The number of thioether (sulfide) groups is 1. The van der Waals surface area contributed by atoms with Crippen LogP contribution in [0.15, 0.2) is 0 Å². The summed E-state index contributed by atoms with van der Waals surface area (Å²) in [5, 5.41) is 10.7. The van der Waals surface area contributed by atoms with E-state index in [1.54, 1.807) is 11.8 Å². The first-order valence-corrected chi connectivity index (χ1v) is 7.11. The fourth-order valence-electron chi connectivity index (χ4n) is 2.05. The molecule has 0 bridgehead atoms. The van der Waals surface area contributed by atoms with Crippen LogP contribution in [0.25, 0.3) is 0 Å². The van der Waals surface area contributed by atoms with Gasteiger partial charge >= 0.3 is 6.09 Å². The zero-order valence-corrected chi connectivity index (χ0v) is 10.7. The summed E-state index contributed by atoms with van der Waals surface area (Å²) in [4.78, 5) is 21.5. The number of nitrogens with one attached hydrogen (secondary N) is 1. The normalized spacial score (nSPS) is 18.6. The van der Waals surface area contributed by atoms with Crippen LogP contribution in [-0.4, -0.2) is 34.7 Å². The van der Waals surface area contributed by atoms with Crippen molar-refractivity contribution in [2.75, 3.05) is 11.5 Å². The number of primary amides is 1. The van der Waals surface area contributed by atoms with Crippen molar-refractivity contribution in [3.63, 3.8) is 0 Å². The zero-order chi connectivity index (χ0) is 12.7. The van der Waals surface area contributed by atoms with E-state index < -0.39 is 18.0 Å². The summed E-state index contributed by atoms with van der Waals surface area (Å²) in [5.41, 5.74) is 5.13. The Morgan fingerprint density at radius 2 is 2.00 bits per heavy atom. The smallest absolute Gasteiger partial charge is 0.405 e. The molecule has 0 saturated heterocycles. The fraction of sp³-hybridized carbons (Fsp3) is 0.818. The third-order valence-electron chi connectivity index (χ3n) is 3.00. The predicted octanol–water partition coefficient (Wildman–Crippen LogP) is 1.42. The molecule has 0 spiro atoms. The largest absolute Gasteiger partial charge is 0.465 e. The van der Waals surface area contributed by atoms with Crippen molar-refractivity contribution in [1.29, 1.82) is 0 Å². The minimum atomic E-state index is -1.20. The number of carboxylic acid groups (broad SMARTS) is 1. The Morgan fingerprint density at radius 1 is 1.35 bits per heavy atom. The second-order valence-electron chi connectivity index (χ2n) is 4.45. The van der Waals surface area contributed by atoms with Gasteiger partial charge in [0.15, 0.2) is 0 Å². The maximum absolute atomic E-state index is 11.0. The molecule has 0 aromatic heterocycles. The minimum Gasteiger partial charge on any atom is -0.465 e. The molecule has 1 aliphatic rings. The van der Waals surface area contributed by atoms with Crippen LogP contribution in [0.2, 0.25) is 0 Å². The molecule has 0 aliphatic heterocycles. The molecule has 2 amide bonds. The van der Waals surface area contributed by atoms with Gasteiger partial charge in [0.1, 0.15) is 6.04 Å². The molecular formula is C11H20N2O3S. The molecule has 6 heteroatoms. The maximum Gasteiger partial charge on any atom is 0.405 e. The Labute approximate surface area is 106 Å². The highest BCUT2D eigenvalue weighted by Crippen LogP contribution is 2.26. The lowest BCUT2D eigenvalue weighted by molar-refractivity contribution is -0.119. The van der Waals surface area contributed by atoms with Crippen molar-refractivity contribution in [3.8, 4) is 0 Å². The van der Waals surface area contributed by atoms with Gasteiger partial charge in [0.05, 0.1) is 0 Å². The van der Waals surface area contributed by atoms with E-state index in [2.05, 4.69) is 5.32 Å². The Morgan fingerprint density at radius 3 is 2.53 bits per heavy atom. The first-order chi connectivity index (χ1) is 8.09. The van der Waals surface area contributed by atoms with Crippen molar-refractivity contribution in [3.05, 3.63) is 0 Å². The monoisotopic (exact) mass is 260 g/mol. The molecule has 1 fully saturated rings. The van der Waals surface area contributed by atoms with E-state index >= 15 is 0 Å². The van der Waals surface area contributed by atoms with Crippen molar-refractivity contribution < 1.29 is 14.7 Å². The topological polar surface area (TPSA) is 92.4 Å². The Hall–Kier alpha value is -0.910. The molecule has 98 valence electrons. The van der Waals surface area contributed by atoms with E-state index in [4.69, 9.17) is 10.8 Å². The molecule has 1 atom stereocenters. The second-order valence-corrected chi connectivity index (χ2v) is 5.52. The van der Waals surface area contributed by atoms with Gasteiger partial charge < -0.3 is 16.2 Å². The number of hydrogen-bond donors (Lipinski definition) is 3. The molecule has 1 rings (SSSR count). The van der Waals surface area contributed by atoms with Gasteiger partial charge in [-0.05, 0) is 24.5 Å². The van der Waals surface area contributed by atoms with Crippen LogP contribution in [0, 0.1) is 5.92 Å². The molecule has 1 unspecified atom stereocenters. The van der Waals surface area contributed by atoms with E-state index in [-0.39, 0.29) is 0 Å². The van der Waals surface area contributed by atoms with Gasteiger partial charge in [-0.1, -0.05) is 19.3 Å². The van der Waals surface area contributed by atoms with Gasteiger partial charge in [-0.3, -0.25) is 4.79 Å². The Kier molecular flexibility index (Phi) is 6.18. The summed E-state index contributed by atoms with van der Waals surface area (Å²) in [6.07, 6.45) is 5.20. The Balaban J connectivity index is 2.21. The molecule has 17 heavy (non-hydrogen) atoms. The number of rotatable bonds is 6. The summed E-state index contributed by atoms with van der Waals surface area (Å²) in [6, 6.07) is -0.777. The van der Waals surface area contributed by atoms with Crippen LogP contribution < -0.4 is 11.1 Å². The molecule has 4 N–H and O–H groups in total. The van der Waals surface area contributed by atoms with Crippen molar-refractivity contribution in [1.82, 2.24) is 5.32 Å². The zero-order valence-electron chi connectivity index (χ0n) is 9.85. The third-order valence-corrected chi connectivity index (χ3v) is 4.28. The summed E-state index contributed by atoms with van der Waals surface area (Å²) >= 11 is 1.61. The predicted molar refractivity (Wildman–Crippen MR) is 68.0 cm³/mol. The van der Waals surface area contributed by atoms with Crippen LogP contribution in [-0.2, 0) is 4.79 Å². The van der Waals surface area contributed by atoms with Crippen molar-refractivity contribution in [2.45, 2.75) is 38.1 Å². The van der Waals surface area contributed by atoms with Crippen molar-refractivity contribution in [2.24, 2.45) is 11.7 Å². The maximum atomic E-state index is 11.0. The molecule has 1 saturated carbocycles. The SMILES string of the molecule is NC(=O)C(CSCC1CCCCC1)NC(=O)O. The van der Waals surface area contributed by atoms with Crippen LogP contribution in [0.3, 0.4) is 0 Å². The standard InChI is InChI=1S/C11H20N2O3S/c12-10(14)9(13-11(15)16)7-17-6-8-4-2-1-3-5-8/h8-9,13H,1-7H2,(H2,12,14)(H,15,16). The first-order valence-electron chi connectivity index (χ1n) is 5.96. The molecule has 1 aliphatic carbocycles. The highest BCUT2D eigenvalue weighted by molar-refractivity contribution is 7.99. The second kappa shape index (κ2) is 7.42. The summed E-state index contributed by atoms with van der Waals surface area (Å²) in [7, 11) is 0. The summed E-state index contributed by atoms with van der Waals surface area (Å²) < 4.78 is 0. The van der Waals surface area contributed by atoms with Crippen molar-refractivity contribution >= 4 is 23.8 Å². The van der Waals surface area contributed by atoms with Crippen LogP contribution in [0.1, 0.15) is 32.1 Å². The first kappa shape index (κ1) is 14.2. The molecule has 0 heterocycles. The Bertz CT molecular complexity index is 267. The molecular weight excluding hydrogens is 240 g/mol. The van der Waals surface area contributed by atoms with E-state index in [1.807, 2.05) is 0 Å². The number of nitrogens with two attached hydrogens (primary N) is 1.